The van der Waals surface area contributed by atoms with Crippen molar-refractivity contribution in [2.45, 2.75) is 5.92 Å². The van der Waals surface area contributed by atoms with Crippen LogP contribution in [0.4, 0.5) is 14.6 Å². The van der Waals surface area contributed by atoms with E-state index in [1.807, 2.05) is 0 Å². The number of hydrogen-bond acceptors (Lipinski definition) is 5. The number of ether oxygens (including phenoxy) is 1. The molecular formula is C20H17F2N3O2. The van der Waals surface area contributed by atoms with Crippen LogP contribution in [0, 0.1) is 11.6 Å². The Balaban J connectivity index is 1.70. The number of anilines is 1. The molecule has 7 heteroatoms. The topological polar surface area (TPSA) is 64.1 Å². The van der Waals surface area contributed by atoms with Gasteiger partial charge in [0.25, 0.3) is 0 Å². The minimum atomic E-state index is -0.617. The van der Waals surface area contributed by atoms with E-state index in [-0.39, 0.29) is 18.2 Å². The fraction of sp³-hybridized carbons (Fsp3) is 0.150. The lowest BCUT2D eigenvalue weighted by Gasteiger charge is -2.16. The number of carbonyl (C=O) groups is 1. The van der Waals surface area contributed by atoms with E-state index >= 15 is 0 Å². The monoisotopic (exact) mass is 369 g/mol. The third-order valence-electron chi connectivity index (χ3n) is 4.05. The maximum absolute atomic E-state index is 13.1. The van der Waals surface area contributed by atoms with E-state index in [2.05, 4.69) is 15.5 Å². The Morgan fingerprint density at radius 3 is 2.15 bits per heavy atom. The van der Waals surface area contributed by atoms with E-state index in [0.717, 1.165) is 5.56 Å². The third kappa shape index (κ3) is 4.63. The van der Waals surface area contributed by atoms with Crippen LogP contribution in [0.3, 0.4) is 0 Å². The highest BCUT2D eigenvalue weighted by molar-refractivity contribution is 5.78. The molecule has 0 aliphatic rings. The minimum Gasteiger partial charge on any atom is -0.468 e. The molecule has 27 heavy (non-hydrogen) atoms. The Kier molecular flexibility index (Phi) is 5.71. The first-order valence-electron chi connectivity index (χ1n) is 8.23. The van der Waals surface area contributed by atoms with E-state index in [0.29, 0.717) is 17.1 Å². The molecule has 1 aromatic heterocycles. The van der Waals surface area contributed by atoms with Crippen LogP contribution in [0.5, 0.6) is 0 Å². The summed E-state index contributed by atoms with van der Waals surface area (Å²) in [5.41, 5.74) is 1.98. The first kappa shape index (κ1) is 18.4. The number of methoxy groups -OCH3 is 1. The molecule has 1 unspecified atom stereocenters. The lowest BCUT2D eigenvalue weighted by molar-refractivity contribution is -0.142. The van der Waals surface area contributed by atoms with Crippen molar-refractivity contribution in [1.82, 2.24) is 10.2 Å². The molecule has 5 nitrogen and oxygen atoms in total. The molecule has 2 aromatic carbocycles. The molecule has 1 N–H and O–H groups in total. The molecule has 1 heterocycles. The minimum absolute atomic E-state index is 0.211. The van der Waals surface area contributed by atoms with Crippen LogP contribution in [0.1, 0.15) is 11.5 Å². The van der Waals surface area contributed by atoms with Gasteiger partial charge in [-0.1, -0.05) is 12.1 Å². The SMILES string of the molecule is COC(=O)C(CNc1ccc(-c2ccc(F)cc2)nn1)c1ccc(F)cc1. The highest BCUT2D eigenvalue weighted by atomic mass is 19.1. The number of halogens is 2. The zero-order valence-electron chi connectivity index (χ0n) is 14.5. The molecule has 0 aliphatic heterocycles. The van der Waals surface area contributed by atoms with Crippen LogP contribution >= 0.6 is 0 Å². The number of benzene rings is 2. The van der Waals surface area contributed by atoms with E-state index in [9.17, 15) is 13.6 Å². The summed E-state index contributed by atoms with van der Waals surface area (Å²) in [7, 11) is 1.30. The van der Waals surface area contributed by atoms with Gasteiger partial charge in [-0.05, 0) is 54.1 Å². The average molecular weight is 369 g/mol. The summed E-state index contributed by atoms with van der Waals surface area (Å²) in [4.78, 5) is 12.1. The number of aromatic nitrogens is 2. The van der Waals surface area contributed by atoms with Gasteiger partial charge in [-0.3, -0.25) is 4.79 Å². The summed E-state index contributed by atoms with van der Waals surface area (Å²) in [6.45, 7) is 0.211. The van der Waals surface area contributed by atoms with Gasteiger partial charge in [0.1, 0.15) is 17.5 Å². The molecule has 0 radical (unpaired) electrons. The predicted molar refractivity (Wildman–Crippen MR) is 97.1 cm³/mol. The predicted octanol–water partition coefficient (Wildman–Crippen LogP) is 3.79. The number of nitrogens with one attached hydrogen (secondary N) is 1. The van der Waals surface area contributed by atoms with Crippen LogP contribution in [-0.4, -0.2) is 29.8 Å². The molecular weight excluding hydrogens is 352 g/mol. The van der Waals surface area contributed by atoms with Gasteiger partial charge < -0.3 is 10.1 Å². The molecule has 1 atom stereocenters. The average Bonchev–Trinajstić information content (AvgIpc) is 2.70. The fourth-order valence-electron chi connectivity index (χ4n) is 2.58. The largest absolute Gasteiger partial charge is 0.468 e. The summed E-state index contributed by atoms with van der Waals surface area (Å²) >= 11 is 0. The van der Waals surface area contributed by atoms with Crippen molar-refractivity contribution in [3.8, 4) is 11.3 Å². The maximum atomic E-state index is 13.1. The van der Waals surface area contributed by atoms with Gasteiger partial charge in [0, 0.05) is 12.1 Å². The van der Waals surface area contributed by atoms with E-state index in [1.54, 1.807) is 36.4 Å². The Labute approximate surface area is 155 Å². The summed E-state index contributed by atoms with van der Waals surface area (Å²) < 4.78 is 30.9. The number of carbonyl (C=O) groups excluding carboxylic acids is 1. The molecule has 0 aliphatic carbocycles. The van der Waals surface area contributed by atoms with Gasteiger partial charge >= 0.3 is 5.97 Å². The van der Waals surface area contributed by atoms with Gasteiger partial charge in [0.05, 0.1) is 18.7 Å². The molecule has 0 spiro atoms. The molecule has 3 aromatic rings. The van der Waals surface area contributed by atoms with Crippen LogP contribution in [0.15, 0.2) is 60.7 Å². The van der Waals surface area contributed by atoms with Gasteiger partial charge in [-0.2, -0.15) is 0 Å². The van der Waals surface area contributed by atoms with E-state index < -0.39 is 11.9 Å². The second kappa shape index (κ2) is 8.35. The van der Waals surface area contributed by atoms with Crippen molar-refractivity contribution < 1.29 is 18.3 Å². The quantitative estimate of drug-likeness (QED) is 0.670. The smallest absolute Gasteiger partial charge is 0.314 e. The van der Waals surface area contributed by atoms with E-state index in [4.69, 9.17) is 4.74 Å². The van der Waals surface area contributed by atoms with Gasteiger partial charge in [0.2, 0.25) is 0 Å². The lowest BCUT2D eigenvalue weighted by atomic mass is 9.99. The van der Waals surface area contributed by atoms with Crippen molar-refractivity contribution in [3.05, 3.63) is 77.9 Å². The zero-order chi connectivity index (χ0) is 19.2. The molecule has 3 rings (SSSR count). The molecule has 0 bridgehead atoms. The molecule has 0 saturated heterocycles. The lowest BCUT2D eigenvalue weighted by Crippen LogP contribution is -2.23. The first-order chi connectivity index (χ1) is 13.1. The van der Waals surface area contributed by atoms with Crippen LogP contribution in [-0.2, 0) is 9.53 Å². The Bertz CT molecular complexity index is 898. The van der Waals surface area contributed by atoms with Crippen molar-refractivity contribution in [2.75, 3.05) is 19.0 Å². The summed E-state index contributed by atoms with van der Waals surface area (Å²) in [6.07, 6.45) is 0. The Morgan fingerprint density at radius 2 is 1.59 bits per heavy atom. The van der Waals surface area contributed by atoms with Crippen molar-refractivity contribution >= 4 is 11.8 Å². The summed E-state index contributed by atoms with van der Waals surface area (Å²) in [6, 6.07) is 15.1. The second-order valence-corrected chi connectivity index (χ2v) is 5.82. The fourth-order valence-corrected chi connectivity index (χ4v) is 2.58. The Hall–Kier alpha value is -3.35. The number of rotatable bonds is 6. The second-order valence-electron chi connectivity index (χ2n) is 5.82. The molecule has 138 valence electrons. The molecule has 0 amide bonds. The molecule has 0 fully saturated rings. The normalized spacial score (nSPS) is 11.7. The number of esters is 1. The summed E-state index contributed by atoms with van der Waals surface area (Å²) in [5.74, 6) is -1.28. The highest BCUT2D eigenvalue weighted by Crippen LogP contribution is 2.20. The van der Waals surface area contributed by atoms with Crippen LogP contribution < -0.4 is 5.32 Å². The molecule has 0 saturated carbocycles. The van der Waals surface area contributed by atoms with Crippen molar-refractivity contribution in [1.29, 1.82) is 0 Å². The number of hydrogen-bond donors (Lipinski definition) is 1. The van der Waals surface area contributed by atoms with Gasteiger partial charge in [-0.15, -0.1) is 10.2 Å². The van der Waals surface area contributed by atoms with Crippen LogP contribution in [0.2, 0.25) is 0 Å². The van der Waals surface area contributed by atoms with Crippen molar-refractivity contribution in [3.63, 3.8) is 0 Å². The van der Waals surface area contributed by atoms with Gasteiger partial charge in [0.15, 0.2) is 0 Å². The van der Waals surface area contributed by atoms with Crippen LogP contribution in [0.25, 0.3) is 11.3 Å². The standard InChI is InChI=1S/C20H17F2N3O2/c1-27-20(26)17(13-2-6-15(21)7-3-13)12-23-19-11-10-18(24-25-19)14-4-8-16(22)9-5-14/h2-11,17H,12H2,1H3,(H,23,25). The maximum Gasteiger partial charge on any atom is 0.314 e. The first-order valence-corrected chi connectivity index (χ1v) is 8.23. The highest BCUT2D eigenvalue weighted by Gasteiger charge is 2.21. The summed E-state index contributed by atoms with van der Waals surface area (Å²) in [5, 5.41) is 11.2. The zero-order valence-corrected chi connectivity index (χ0v) is 14.5. The number of nitrogens with zero attached hydrogens (tertiary/aromatic N) is 2. The van der Waals surface area contributed by atoms with Gasteiger partial charge in [-0.25, -0.2) is 8.78 Å². The van der Waals surface area contributed by atoms with E-state index in [1.165, 1.54) is 31.4 Å². The third-order valence-corrected chi connectivity index (χ3v) is 4.05. The van der Waals surface area contributed by atoms with Crippen molar-refractivity contribution in [2.24, 2.45) is 0 Å². The Morgan fingerprint density at radius 1 is 0.963 bits per heavy atom.